The average molecular weight is 249 g/mol. The molecule has 0 spiro atoms. The van der Waals surface area contributed by atoms with Gasteiger partial charge in [0.2, 0.25) is 5.89 Å². The van der Waals surface area contributed by atoms with Crippen LogP contribution in [0.4, 0.5) is 0 Å². The van der Waals surface area contributed by atoms with Crippen LogP contribution in [0.3, 0.4) is 0 Å². The minimum Gasteiger partial charge on any atom is -0.496 e. The van der Waals surface area contributed by atoms with Crippen molar-refractivity contribution in [1.82, 2.24) is 10.2 Å². The second-order valence-corrected chi connectivity index (χ2v) is 3.68. The highest BCUT2D eigenvalue weighted by atomic mass is 16.5. The van der Waals surface area contributed by atoms with E-state index in [0.717, 1.165) is 16.9 Å². The molecule has 0 aliphatic heterocycles. The first-order valence-corrected chi connectivity index (χ1v) is 5.45. The van der Waals surface area contributed by atoms with Crippen molar-refractivity contribution in [3.8, 4) is 23.0 Å². The highest BCUT2D eigenvalue weighted by molar-refractivity contribution is 5.67. The van der Waals surface area contributed by atoms with Gasteiger partial charge < -0.3 is 19.6 Å². The van der Waals surface area contributed by atoms with Crippen molar-refractivity contribution in [2.75, 3.05) is 14.2 Å². The number of hydrogen-bond acceptors (Lipinski definition) is 6. The zero-order valence-corrected chi connectivity index (χ0v) is 10.6. The molecule has 0 saturated heterocycles. The largest absolute Gasteiger partial charge is 0.496 e. The maximum absolute atomic E-state index is 5.44. The van der Waals surface area contributed by atoms with Crippen LogP contribution in [-0.4, -0.2) is 24.4 Å². The van der Waals surface area contributed by atoms with Gasteiger partial charge in [0, 0.05) is 5.56 Å². The van der Waals surface area contributed by atoms with Gasteiger partial charge in [0.25, 0.3) is 5.89 Å². The molecule has 0 atom stereocenters. The Bertz CT molecular complexity index is 551. The third-order valence-corrected chi connectivity index (χ3v) is 2.65. The molecule has 0 unspecified atom stereocenters. The Morgan fingerprint density at radius 1 is 1.22 bits per heavy atom. The molecular formula is C12H15N3O3. The fourth-order valence-corrected chi connectivity index (χ4v) is 1.77. The maximum atomic E-state index is 5.44. The van der Waals surface area contributed by atoms with Gasteiger partial charge in [-0.2, -0.15) is 0 Å². The van der Waals surface area contributed by atoms with E-state index < -0.39 is 0 Å². The topological polar surface area (TPSA) is 83.4 Å². The summed E-state index contributed by atoms with van der Waals surface area (Å²) in [5.74, 6) is 2.18. The van der Waals surface area contributed by atoms with E-state index in [0.29, 0.717) is 17.5 Å². The molecule has 2 rings (SSSR count). The Balaban J connectivity index is 2.53. The highest BCUT2D eigenvalue weighted by Crippen LogP contribution is 2.36. The molecule has 1 heterocycles. The summed E-state index contributed by atoms with van der Waals surface area (Å²) in [4.78, 5) is 0. The predicted molar refractivity (Wildman–Crippen MR) is 65.5 cm³/mol. The summed E-state index contributed by atoms with van der Waals surface area (Å²) in [6.45, 7) is 2.12. The number of aromatic nitrogens is 2. The molecule has 1 aromatic carbocycles. The molecule has 0 saturated carbocycles. The van der Waals surface area contributed by atoms with Crippen LogP contribution in [0.5, 0.6) is 11.5 Å². The summed E-state index contributed by atoms with van der Waals surface area (Å²) in [6, 6.07) is 3.65. The number of ether oxygens (including phenoxy) is 2. The summed E-state index contributed by atoms with van der Waals surface area (Å²) in [7, 11) is 3.20. The van der Waals surface area contributed by atoms with Crippen LogP contribution in [-0.2, 0) is 6.54 Å². The first-order valence-electron chi connectivity index (χ1n) is 5.45. The van der Waals surface area contributed by atoms with Crippen molar-refractivity contribution < 1.29 is 13.9 Å². The van der Waals surface area contributed by atoms with Crippen LogP contribution in [0, 0.1) is 6.92 Å². The molecule has 0 aliphatic carbocycles. The van der Waals surface area contributed by atoms with Crippen molar-refractivity contribution in [1.29, 1.82) is 0 Å². The van der Waals surface area contributed by atoms with E-state index in [1.54, 1.807) is 14.2 Å². The zero-order valence-electron chi connectivity index (χ0n) is 10.6. The average Bonchev–Trinajstić information content (AvgIpc) is 2.87. The highest BCUT2D eigenvalue weighted by Gasteiger charge is 2.17. The smallest absolute Gasteiger partial charge is 0.251 e. The third kappa shape index (κ3) is 2.02. The molecule has 0 amide bonds. The summed E-state index contributed by atoms with van der Waals surface area (Å²) in [6.07, 6.45) is 0. The van der Waals surface area contributed by atoms with Gasteiger partial charge in [0.1, 0.15) is 11.5 Å². The van der Waals surface area contributed by atoms with Crippen molar-refractivity contribution in [2.24, 2.45) is 5.73 Å². The Labute approximate surface area is 105 Å². The minimum absolute atomic E-state index is 0.213. The van der Waals surface area contributed by atoms with E-state index >= 15 is 0 Å². The molecule has 0 bridgehead atoms. The lowest BCUT2D eigenvalue weighted by Crippen LogP contribution is -1.95. The first kappa shape index (κ1) is 12.4. The van der Waals surface area contributed by atoms with E-state index in [1.165, 1.54) is 0 Å². The molecule has 1 aromatic heterocycles. The zero-order chi connectivity index (χ0) is 13.1. The van der Waals surface area contributed by atoms with Gasteiger partial charge >= 0.3 is 0 Å². The quantitative estimate of drug-likeness (QED) is 0.884. The molecule has 96 valence electrons. The lowest BCUT2D eigenvalue weighted by Gasteiger charge is -2.12. The van der Waals surface area contributed by atoms with Crippen LogP contribution < -0.4 is 15.2 Å². The molecular weight excluding hydrogens is 234 g/mol. The number of rotatable bonds is 4. The maximum Gasteiger partial charge on any atom is 0.251 e. The van der Waals surface area contributed by atoms with Crippen molar-refractivity contribution in [3.05, 3.63) is 23.6 Å². The van der Waals surface area contributed by atoms with Gasteiger partial charge in [-0.15, -0.1) is 10.2 Å². The van der Waals surface area contributed by atoms with E-state index in [9.17, 15) is 0 Å². The van der Waals surface area contributed by atoms with Gasteiger partial charge in [-0.1, -0.05) is 0 Å². The normalized spacial score (nSPS) is 10.4. The summed E-state index contributed by atoms with van der Waals surface area (Å²) < 4.78 is 16.0. The fraction of sp³-hybridized carbons (Fsp3) is 0.333. The van der Waals surface area contributed by atoms with Gasteiger partial charge in [-0.3, -0.25) is 0 Å². The summed E-state index contributed by atoms with van der Waals surface area (Å²) in [5.41, 5.74) is 7.04. The van der Waals surface area contributed by atoms with Crippen LogP contribution in [0.2, 0.25) is 0 Å². The van der Waals surface area contributed by atoms with Gasteiger partial charge in [0.15, 0.2) is 0 Å². The predicted octanol–water partition coefficient (Wildman–Crippen LogP) is 1.52. The van der Waals surface area contributed by atoms with Crippen LogP contribution in [0.1, 0.15) is 11.5 Å². The number of nitrogens with two attached hydrogens (primary N) is 1. The van der Waals surface area contributed by atoms with E-state index in [-0.39, 0.29) is 6.54 Å². The molecule has 0 aliphatic rings. The van der Waals surface area contributed by atoms with Gasteiger partial charge in [-0.25, -0.2) is 0 Å². The summed E-state index contributed by atoms with van der Waals surface area (Å²) in [5, 5.41) is 7.78. The number of methoxy groups -OCH3 is 2. The van der Waals surface area contributed by atoms with E-state index in [2.05, 4.69) is 10.2 Å². The molecule has 6 nitrogen and oxygen atoms in total. The molecule has 2 N–H and O–H groups in total. The molecule has 2 aromatic rings. The second kappa shape index (κ2) is 5.05. The minimum atomic E-state index is 0.213. The van der Waals surface area contributed by atoms with Crippen LogP contribution in [0.15, 0.2) is 16.5 Å². The van der Waals surface area contributed by atoms with Gasteiger partial charge in [0.05, 0.1) is 26.3 Å². The standard InChI is InChI=1S/C12H15N3O3/c1-7-9(16-2)5-4-8(11(7)17-3)12-15-14-10(6-13)18-12/h4-5H,6,13H2,1-3H3. The third-order valence-electron chi connectivity index (χ3n) is 2.65. The van der Waals surface area contributed by atoms with Crippen molar-refractivity contribution in [3.63, 3.8) is 0 Å². The number of nitrogens with zero attached hydrogens (tertiary/aromatic N) is 2. The van der Waals surface area contributed by atoms with E-state index in [1.807, 2.05) is 19.1 Å². The lowest BCUT2D eigenvalue weighted by atomic mass is 10.1. The molecule has 18 heavy (non-hydrogen) atoms. The lowest BCUT2D eigenvalue weighted by molar-refractivity contribution is 0.388. The van der Waals surface area contributed by atoms with Crippen molar-refractivity contribution in [2.45, 2.75) is 13.5 Å². The second-order valence-electron chi connectivity index (χ2n) is 3.68. The number of hydrogen-bond donors (Lipinski definition) is 1. The van der Waals surface area contributed by atoms with Crippen LogP contribution in [0.25, 0.3) is 11.5 Å². The SMILES string of the molecule is COc1ccc(-c2nnc(CN)o2)c(OC)c1C. The Morgan fingerprint density at radius 2 is 2.00 bits per heavy atom. The Hall–Kier alpha value is -2.08. The molecule has 0 fully saturated rings. The first-order chi connectivity index (χ1) is 8.71. The Kier molecular flexibility index (Phi) is 3.47. The van der Waals surface area contributed by atoms with Crippen molar-refractivity contribution >= 4 is 0 Å². The van der Waals surface area contributed by atoms with E-state index in [4.69, 9.17) is 19.6 Å². The monoisotopic (exact) mass is 249 g/mol. The molecule has 0 radical (unpaired) electrons. The Morgan fingerprint density at radius 3 is 2.56 bits per heavy atom. The van der Waals surface area contributed by atoms with Gasteiger partial charge in [-0.05, 0) is 19.1 Å². The molecule has 6 heteroatoms. The summed E-state index contributed by atoms with van der Waals surface area (Å²) >= 11 is 0. The number of benzene rings is 1. The van der Waals surface area contributed by atoms with Crippen LogP contribution >= 0.6 is 0 Å². The fourth-order valence-electron chi connectivity index (χ4n) is 1.77.